The number of hydrogen-bond acceptors (Lipinski definition) is 4. The fraction of sp³-hybridized carbons (Fsp3) is 0. The molecule has 6 heteroatoms. The van der Waals surface area contributed by atoms with Gasteiger partial charge >= 0.3 is 5.97 Å². The predicted octanol–water partition coefficient (Wildman–Crippen LogP) is 2.78. The highest BCUT2D eigenvalue weighted by molar-refractivity contribution is 6.08. The Morgan fingerprint density at radius 3 is 2.67 bits per heavy atom. The highest BCUT2D eigenvalue weighted by atomic mass is 16.4. The van der Waals surface area contributed by atoms with Crippen molar-refractivity contribution in [3.05, 3.63) is 60.3 Å². The monoisotopic (exact) mass is 282 g/mol. The third-order valence-corrected chi connectivity index (χ3v) is 2.97. The second kappa shape index (κ2) is 5.09. The summed E-state index contributed by atoms with van der Waals surface area (Å²) in [6.45, 7) is 0. The lowest BCUT2D eigenvalue weighted by atomic mass is 10.1. The predicted molar refractivity (Wildman–Crippen MR) is 75.4 cm³/mol. The van der Waals surface area contributed by atoms with Gasteiger partial charge in [-0.15, -0.1) is 0 Å². The van der Waals surface area contributed by atoms with Gasteiger partial charge in [-0.25, -0.2) is 4.79 Å². The molecule has 6 nitrogen and oxygen atoms in total. The number of carbonyl (C=O) groups is 2. The number of hydrogen-bond donors (Lipinski definition) is 2. The fourth-order valence-electron chi connectivity index (χ4n) is 1.99. The highest BCUT2D eigenvalue weighted by Gasteiger charge is 2.15. The summed E-state index contributed by atoms with van der Waals surface area (Å²) < 4.78 is 4.97. The summed E-state index contributed by atoms with van der Waals surface area (Å²) in [7, 11) is 0. The molecule has 0 saturated heterocycles. The van der Waals surface area contributed by atoms with Gasteiger partial charge in [0, 0.05) is 28.9 Å². The molecule has 3 aromatic rings. The van der Waals surface area contributed by atoms with Gasteiger partial charge in [0.2, 0.25) is 5.76 Å². The number of fused-ring (bicyclic) bond motifs is 1. The summed E-state index contributed by atoms with van der Waals surface area (Å²) in [5.74, 6) is -2.06. The molecule has 0 bridgehead atoms. The van der Waals surface area contributed by atoms with Crippen molar-refractivity contribution in [3.63, 3.8) is 0 Å². The topological polar surface area (TPSA) is 92.4 Å². The number of rotatable bonds is 3. The van der Waals surface area contributed by atoms with E-state index in [2.05, 4.69) is 10.3 Å². The molecule has 0 unspecified atom stereocenters. The van der Waals surface area contributed by atoms with E-state index in [0.29, 0.717) is 5.69 Å². The van der Waals surface area contributed by atoms with Crippen LogP contribution in [0.3, 0.4) is 0 Å². The minimum atomic E-state index is -1.22. The Morgan fingerprint density at radius 1 is 1.10 bits per heavy atom. The number of benzene rings is 1. The smallest absolute Gasteiger partial charge is 0.371 e. The molecule has 2 heterocycles. The van der Waals surface area contributed by atoms with Crippen LogP contribution in [0.25, 0.3) is 10.8 Å². The van der Waals surface area contributed by atoms with Gasteiger partial charge in [-0.1, -0.05) is 12.1 Å². The van der Waals surface area contributed by atoms with Crippen molar-refractivity contribution in [1.82, 2.24) is 4.98 Å². The number of furan rings is 1. The fourth-order valence-corrected chi connectivity index (χ4v) is 1.99. The van der Waals surface area contributed by atoms with Crippen molar-refractivity contribution in [3.8, 4) is 0 Å². The zero-order valence-corrected chi connectivity index (χ0v) is 10.7. The van der Waals surface area contributed by atoms with Crippen LogP contribution in [-0.2, 0) is 0 Å². The molecule has 2 aromatic heterocycles. The van der Waals surface area contributed by atoms with Crippen LogP contribution >= 0.6 is 0 Å². The Kier molecular flexibility index (Phi) is 3.12. The van der Waals surface area contributed by atoms with Crippen LogP contribution in [0, 0.1) is 0 Å². The molecule has 0 radical (unpaired) electrons. The van der Waals surface area contributed by atoms with E-state index in [1.54, 1.807) is 30.6 Å². The van der Waals surface area contributed by atoms with Crippen molar-refractivity contribution in [2.75, 3.05) is 5.32 Å². The maximum absolute atomic E-state index is 12.1. The molecule has 1 amide bonds. The van der Waals surface area contributed by atoms with Crippen LogP contribution in [0.1, 0.15) is 21.1 Å². The third kappa shape index (κ3) is 2.46. The zero-order valence-electron chi connectivity index (χ0n) is 10.7. The number of nitrogens with one attached hydrogen (secondary N) is 1. The number of anilines is 1. The molecule has 3 rings (SSSR count). The maximum atomic E-state index is 12.1. The SMILES string of the molecule is O=C(O)c1ccc(C(=O)Nc2cccc3cnccc23)o1. The summed E-state index contributed by atoms with van der Waals surface area (Å²) in [6.07, 6.45) is 3.33. The molecular weight excluding hydrogens is 272 g/mol. The first-order chi connectivity index (χ1) is 10.1. The van der Waals surface area contributed by atoms with E-state index in [4.69, 9.17) is 9.52 Å². The van der Waals surface area contributed by atoms with Crippen LogP contribution in [0.4, 0.5) is 5.69 Å². The van der Waals surface area contributed by atoms with Gasteiger partial charge in [0.05, 0.1) is 0 Å². The number of amides is 1. The van der Waals surface area contributed by atoms with Crippen LogP contribution in [0.2, 0.25) is 0 Å². The largest absolute Gasteiger partial charge is 0.475 e. The third-order valence-electron chi connectivity index (χ3n) is 2.97. The van der Waals surface area contributed by atoms with Crippen molar-refractivity contribution in [2.24, 2.45) is 0 Å². The number of pyridine rings is 1. The van der Waals surface area contributed by atoms with E-state index in [0.717, 1.165) is 10.8 Å². The van der Waals surface area contributed by atoms with Crippen LogP contribution in [0.5, 0.6) is 0 Å². The first-order valence-electron chi connectivity index (χ1n) is 6.12. The Bertz CT molecular complexity index is 833. The van der Waals surface area contributed by atoms with Gasteiger partial charge in [0.25, 0.3) is 5.91 Å². The van der Waals surface area contributed by atoms with E-state index >= 15 is 0 Å². The average Bonchev–Trinajstić information content (AvgIpc) is 2.98. The van der Waals surface area contributed by atoms with Gasteiger partial charge in [-0.3, -0.25) is 9.78 Å². The second-order valence-corrected chi connectivity index (χ2v) is 4.33. The van der Waals surface area contributed by atoms with E-state index in [-0.39, 0.29) is 11.5 Å². The van der Waals surface area contributed by atoms with Crippen molar-refractivity contribution in [2.45, 2.75) is 0 Å². The number of carbonyl (C=O) groups excluding carboxylic acids is 1. The van der Waals surface area contributed by atoms with Crippen molar-refractivity contribution in [1.29, 1.82) is 0 Å². The van der Waals surface area contributed by atoms with Gasteiger partial charge in [-0.2, -0.15) is 0 Å². The molecule has 0 aliphatic carbocycles. The summed E-state index contributed by atoms with van der Waals surface area (Å²) >= 11 is 0. The molecule has 104 valence electrons. The van der Waals surface area contributed by atoms with Crippen molar-refractivity contribution >= 4 is 28.3 Å². The molecule has 1 aromatic carbocycles. The first-order valence-corrected chi connectivity index (χ1v) is 6.12. The lowest BCUT2D eigenvalue weighted by Crippen LogP contribution is -2.11. The minimum Gasteiger partial charge on any atom is -0.475 e. The Labute approximate surface area is 119 Å². The number of aromatic carboxylic acids is 1. The molecule has 0 fully saturated rings. The number of carboxylic acids is 1. The normalized spacial score (nSPS) is 10.5. The average molecular weight is 282 g/mol. The van der Waals surface area contributed by atoms with Gasteiger partial charge in [0.1, 0.15) is 0 Å². The maximum Gasteiger partial charge on any atom is 0.371 e. The standard InChI is InChI=1S/C15H10N2O4/c18-14(12-4-5-13(21-12)15(19)20)17-11-3-1-2-9-8-16-7-6-10(9)11/h1-8H,(H,17,18)(H,19,20). The minimum absolute atomic E-state index is 0.0570. The Hall–Kier alpha value is -3.15. The van der Waals surface area contributed by atoms with E-state index in [9.17, 15) is 9.59 Å². The van der Waals surface area contributed by atoms with Gasteiger partial charge in [-0.05, 0) is 24.3 Å². The lowest BCUT2D eigenvalue weighted by molar-refractivity contribution is 0.0660. The summed E-state index contributed by atoms with van der Waals surface area (Å²) in [5, 5.41) is 13.2. The van der Waals surface area contributed by atoms with Gasteiger partial charge < -0.3 is 14.8 Å². The van der Waals surface area contributed by atoms with E-state index < -0.39 is 11.9 Å². The van der Waals surface area contributed by atoms with E-state index in [1.165, 1.54) is 12.1 Å². The van der Waals surface area contributed by atoms with Crippen molar-refractivity contribution < 1.29 is 19.1 Å². The van der Waals surface area contributed by atoms with Gasteiger partial charge in [0.15, 0.2) is 5.76 Å². The second-order valence-electron chi connectivity index (χ2n) is 4.33. The quantitative estimate of drug-likeness (QED) is 0.770. The number of carboxylic acid groups (broad SMARTS) is 1. The van der Waals surface area contributed by atoms with Crippen LogP contribution < -0.4 is 5.32 Å². The Balaban J connectivity index is 1.91. The molecule has 0 saturated carbocycles. The zero-order chi connectivity index (χ0) is 14.8. The summed E-state index contributed by atoms with van der Waals surface area (Å²) in [5.41, 5.74) is 0.605. The van der Waals surface area contributed by atoms with E-state index in [1.807, 2.05) is 6.07 Å². The summed E-state index contributed by atoms with van der Waals surface area (Å²) in [4.78, 5) is 26.8. The van der Waals surface area contributed by atoms with Crippen LogP contribution in [0.15, 0.2) is 53.2 Å². The molecule has 21 heavy (non-hydrogen) atoms. The highest BCUT2D eigenvalue weighted by Crippen LogP contribution is 2.23. The molecule has 0 aliphatic rings. The molecule has 0 atom stereocenters. The Morgan fingerprint density at radius 2 is 1.90 bits per heavy atom. The van der Waals surface area contributed by atoms with Crippen LogP contribution in [-0.4, -0.2) is 22.0 Å². The summed E-state index contributed by atoms with van der Waals surface area (Å²) in [6, 6.07) is 9.78. The first kappa shape index (κ1) is 12.9. The molecule has 0 aliphatic heterocycles. The molecule has 2 N–H and O–H groups in total. The molecular formula is C15H10N2O4. The molecule has 0 spiro atoms. The number of nitrogens with zero attached hydrogens (tertiary/aromatic N) is 1. The number of aromatic nitrogens is 1. The lowest BCUT2D eigenvalue weighted by Gasteiger charge is -2.06.